The van der Waals surface area contributed by atoms with Crippen molar-refractivity contribution in [3.05, 3.63) is 63.6 Å². The van der Waals surface area contributed by atoms with Crippen molar-refractivity contribution < 1.29 is 19.1 Å². The van der Waals surface area contributed by atoms with Gasteiger partial charge in [0.25, 0.3) is 5.91 Å². The summed E-state index contributed by atoms with van der Waals surface area (Å²) in [5.74, 6) is 0.0312. The van der Waals surface area contributed by atoms with E-state index in [1.807, 2.05) is 25.1 Å². The molecule has 0 radical (unpaired) electrons. The molecule has 8 nitrogen and oxygen atoms in total. The molecule has 0 N–H and O–H groups in total. The lowest BCUT2D eigenvalue weighted by atomic mass is 10.0. The molecule has 0 bridgehead atoms. The number of amides is 2. The molecule has 0 aliphatic carbocycles. The molecule has 1 aliphatic rings. The van der Waals surface area contributed by atoms with Crippen molar-refractivity contribution in [2.24, 2.45) is 7.05 Å². The molecule has 166 valence electrons. The van der Waals surface area contributed by atoms with Gasteiger partial charge in [-0.25, -0.2) is 4.79 Å². The molecule has 8 heteroatoms. The summed E-state index contributed by atoms with van der Waals surface area (Å²) in [6.45, 7) is 2.02. The zero-order valence-electron chi connectivity index (χ0n) is 18.3. The van der Waals surface area contributed by atoms with Crippen molar-refractivity contribution in [2.45, 2.75) is 38.8 Å². The van der Waals surface area contributed by atoms with Crippen molar-refractivity contribution in [1.29, 1.82) is 0 Å². The normalized spacial score (nSPS) is 16.6. The summed E-state index contributed by atoms with van der Waals surface area (Å²) in [5.41, 5.74) is 3.37. The Balaban J connectivity index is 1.75. The first-order valence-corrected chi connectivity index (χ1v) is 10.5. The van der Waals surface area contributed by atoms with Crippen molar-refractivity contribution in [3.8, 4) is 5.75 Å². The Hall–Kier alpha value is -3.68. The van der Waals surface area contributed by atoms with Gasteiger partial charge >= 0.3 is 5.69 Å². The second-order valence-electron chi connectivity index (χ2n) is 8.03. The number of carbonyl (C=O) groups is 3. The minimum absolute atomic E-state index is 0.132. The highest BCUT2D eigenvalue weighted by atomic mass is 16.5. The molecule has 0 saturated carbocycles. The highest BCUT2D eigenvalue weighted by Gasteiger charge is 2.37. The van der Waals surface area contributed by atoms with Gasteiger partial charge in [0.15, 0.2) is 0 Å². The van der Waals surface area contributed by atoms with Gasteiger partial charge < -0.3 is 9.53 Å². The molecule has 2 amide bonds. The Kier molecular flexibility index (Phi) is 5.69. The maximum atomic E-state index is 13.4. The van der Waals surface area contributed by atoms with Crippen LogP contribution >= 0.6 is 0 Å². The second kappa shape index (κ2) is 8.45. The van der Waals surface area contributed by atoms with Crippen LogP contribution in [0.2, 0.25) is 0 Å². The minimum Gasteiger partial charge on any atom is -0.497 e. The first-order chi connectivity index (χ1) is 15.4. The van der Waals surface area contributed by atoms with E-state index in [4.69, 9.17) is 4.74 Å². The minimum atomic E-state index is -0.783. The van der Waals surface area contributed by atoms with Crippen molar-refractivity contribution >= 4 is 29.1 Å². The number of fused-ring (bicyclic) bond motifs is 1. The van der Waals surface area contributed by atoms with E-state index in [0.29, 0.717) is 16.8 Å². The van der Waals surface area contributed by atoms with Crippen molar-refractivity contribution in [2.75, 3.05) is 7.11 Å². The molecular weight excluding hydrogens is 410 g/mol. The number of ether oxygens (including phenoxy) is 1. The van der Waals surface area contributed by atoms with Gasteiger partial charge in [-0.15, -0.1) is 0 Å². The number of aryl methyl sites for hydroxylation is 2. The summed E-state index contributed by atoms with van der Waals surface area (Å²) in [6.07, 6.45) is 1.42. The summed E-state index contributed by atoms with van der Waals surface area (Å²) in [4.78, 5) is 51.6. The second-order valence-corrected chi connectivity index (χ2v) is 8.03. The lowest BCUT2D eigenvalue weighted by Crippen LogP contribution is -2.47. The summed E-state index contributed by atoms with van der Waals surface area (Å²) < 4.78 is 8.11. The smallest absolute Gasteiger partial charge is 0.329 e. The van der Waals surface area contributed by atoms with Gasteiger partial charge in [0, 0.05) is 19.9 Å². The van der Waals surface area contributed by atoms with E-state index in [9.17, 15) is 19.2 Å². The number of methoxy groups -OCH3 is 1. The number of imidazole rings is 1. The van der Waals surface area contributed by atoms with Crippen LogP contribution in [0.1, 0.15) is 35.6 Å². The van der Waals surface area contributed by atoms with E-state index in [1.165, 1.54) is 14.0 Å². The Bertz CT molecular complexity index is 1270. The van der Waals surface area contributed by atoms with Crippen LogP contribution in [0.5, 0.6) is 5.75 Å². The number of hydrogen-bond acceptors (Lipinski definition) is 5. The first-order valence-electron chi connectivity index (χ1n) is 10.5. The number of rotatable bonds is 6. The number of benzene rings is 2. The van der Waals surface area contributed by atoms with E-state index < -0.39 is 11.9 Å². The maximum absolute atomic E-state index is 13.4. The zero-order chi connectivity index (χ0) is 23.0. The van der Waals surface area contributed by atoms with Crippen LogP contribution in [0.15, 0.2) is 41.2 Å². The van der Waals surface area contributed by atoms with Gasteiger partial charge in [0.2, 0.25) is 5.91 Å². The summed E-state index contributed by atoms with van der Waals surface area (Å²) in [6, 6.07) is 10.0. The molecule has 1 fully saturated rings. The molecule has 0 spiro atoms. The first kappa shape index (κ1) is 21.5. The van der Waals surface area contributed by atoms with Crippen LogP contribution in [0.25, 0.3) is 11.0 Å². The van der Waals surface area contributed by atoms with Gasteiger partial charge in [-0.05, 0) is 48.2 Å². The van der Waals surface area contributed by atoms with E-state index >= 15 is 0 Å². The number of imide groups is 1. The number of aromatic nitrogens is 2. The Morgan fingerprint density at radius 2 is 1.81 bits per heavy atom. The molecule has 1 aliphatic heterocycles. The van der Waals surface area contributed by atoms with Gasteiger partial charge in [0.05, 0.1) is 24.7 Å². The zero-order valence-corrected chi connectivity index (χ0v) is 18.3. The van der Waals surface area contributed by atoms with Gasteiger partial charge in [-0.3, -0.25) is 23.6 Å². The lowest BCUT2D eigenvalue weighted by Gasteiger charge is -2.31. The van der Waals surface area contributed by atoms with Crippen LogP contribution in [-0.2, 0) is 34.4 Å². The topological polar surface area (TPSA) is 90.6 Å². The summed E-state index contributed by atoms with van der Waals surface area (Å²) in [5, 5.41) is 0. The number of piperidine rings is 1. The average molecular weight is 435 g/mol. The van der Waals surface area contributed by atoms with E-state index in [2.05, 4.69) is 0 Å². The molecule has 1 aromatic heterocycles. The van der Waals surface area contributed by atoms with E-state index in [0.717, 1.165) is 23.0 Å². The van der Waals surface area contributed by atoms with Crippen LogP contribution in [0, 0.1) is 6.92 Å². The SMILES string of the molecule is COc1ccc(CN2C(=O)CCC(n3c(=O)n(C)c4c(CC=O)c(C)ccc43)C2=O)cc1. The van der Waals surface area contributed by atoms with Crippen molar-refractivity contribution in [1.82, 2.24) is 14.0 Å². The number of likely N-dealkylation sites (tertiary alicyclic amines) is 1. The van der Waals surface area contributed by atoms with Crippen LogP contribution in [0.4, 0.5) is 0 Å². The predicted molar refractivity (Wildman–Crippen MR) is 119 cm³/mol. The van der Waals surface area contributed by atoms with Crippen LogP contribution in [-0.4, -0.2) is 39.2 Å². The average Bonchev–Trinajstić information content (AvgIpc) is 3.04. The molecular formula is C24H25N3O5. The number of aldehydes is 1. The Morgan fingerprint density at radius 3 is 2.47 bits per heavy atom. The predicted octanol–water partition coefficient (Wildman–Crippen LogP) is 2.29. The Labute approximate surface area is 185 Å². The maximum Gasteiger partial charge on any atom is 0.329 e. The molecule has 2 aromatic carbocycles. The van der Waals surface area contributed by atoms with Gasteiger partial charge in [0.1, 0.15) is 18.1 Å². The number of nitrogens with zero attached hydrogens (tertiary/aromatic N) is 3. The molecule has 4 rings (SSSR count). The van der Waals surface area contributed by atoms with E-state index in [1.54, 1.807) is 32.4 Å². The van der Waals surface area contributed by atoms with Crippen LogP contribution < -0.4 is 10.4 Å². The fraction of sp³-hybridized carbons (Fsp3) is 0.333. The summed E-state index contributed by atoms with van der Waals surface area (Å²) >= 11 is 0. The van der Waals surface area contributed by atoms with Gasteiger partial charge in [-0.1, -0.05) is 18.2 Å². The molecule has 3 aromatic rings. The highest BCUT2D eigenvalue weighted by Crippen LogP contribution is 2.30. The fourth-order valence-electron chi connectivity index (χ4n) is 4.44. The quantitative estimate of drug-likeness (QED) is 0.438. The van der Waals surface area contributed by atoms with Crippen molar-refractivity contribution in [3.63, 3.8) is 0 Å². The third kappa shape index (κ3) is 3.51. The third-order valence-electron chi connectivity index (χ3n) is 6.17. The highest BCUT2D eigenvalue weighted by molar-refractivity contribution is 6.00. The lowest BCUT2D eigenvalue weighted by molar-refractivity contribution is -0.151. The van der Waals surface area contributed by atoms with Gasteiger partial charge in [-0.2, -0.15) is 0 Å². The van der Waals surface area contributed by atoms with Crippen LogP contribution in [0.3, 0.4) is 0 Å². The summed E-state index contributed by atoms with van der Waals surface area (Å²) in [7, 11) is 3.21. The third-order valence-corrected chi connectivity index (χ3v) is 6.17. The largest absolute Gasteiger partial charge is 0.497 e. The molecule has 1 atom stereocenters. The molecule has 1 saturated heterocycles. The molecule has 32 heavy (non-hydrogen) atoms. The molecule has 2 heterocycles. The Morgan fingerprint density at radius 1 is 1.09 bits per heavy atom. The monoisotopic (exact) mass is 435 g/mol. The standard InChI is InChI=1S/C24H25N3O5/c1-15-4-9-19-22(18(15)12-13-28)25(2)24(31)27(19)20-10-11-21(29)26(23(20)30)14-16-5-7-17(32-3)8-6-16/h4-9,13,20H,10-12,14H2,1-3H3. The van der Waals surface area contributed by atoms with E-state index in [-0.39, 0.29) is 37.4 Å². The number of carbonyl (C=O) groups excluding carboxylic acids is 3. The molecule has 1 unspecified atom stereocenters. The fourth-order valence-corrected chi connectivity index (χ4v) is 4.44. The number of hydrogen-bond donors (Lipinski definition) is 0.